The smallest absolute Gasteiger partial charge is 0.234 e. The van der Waals surface area contributed by atoms with E-state index in [2.05, 4.69) is 5.32 Å². The number of thioether (sulfide) groups is 1. The topological polar surface area (TPSA) is 60.5 Å². The molecule has 0 saturated carbocycles. The van der Waals surface area contributed by atoms with Crippen LogP contribution in [-0.4, -0.2) is 30.9 Å². The number of pyridine rings is 1. The van der Waals surface area contributed by atoms with Gasteiger partial charge in [-0.1, -0.05) is 11.6 Å². The van der Waals surface area contributed by atoms with Crippen molar-refractivity contribution in [1.29, 1.82) is 0 Å². The quantitative estimate of drug-likeness (QED) is 0.509. The molecular formula is C23H23ClN2O3S. The molecule has 30 heavy (non-hydrogen) atoms. The number of hydrogen-bond donors (Lipinski definition) is 1. The highest BCUT2D eigenvalue weighted by atomic mass is 35.5. The van der Waals surface area contributed by atoms with E-state index in [0.717, 1.165) is 47.2 Å². The standard InChI is InChI=1S/C23H23ClN2O3S/c1-28-16-10-15(11-17(12-16)29-2)25-22(27)13-30-23-18-5-3-4-6-20(18)26-21-8-7-14(24)9-19(21)23/h7-12H,3-6,13H2,1-2H3,(H,25,27). The number of halogens is 1. The van der Waals surface area contributed by atoms with Gasteiger partial charge in [-0.3, -0.25) is 9.78 Å². The molecule has 0 atom stereocenters. The third-order valence-electron chi connectivity index (χ3n) is 5.15. The molecule has 1 amide bonds. The lowest BCUT2D eigenvalue weighted by molar-refractivity contribution is -0.113. The second-order valence-corrected chi connectivity index (χ2v) is 8.59. The van der Waals surface area contributed by atoms with Crippen LogP contribution in [0.15, 0.2) is 41.3 Å². The highest BCUT2D eigenvalue weighted by molar-refractivity contribution is 8.00. The largest absolute Gasteiger partial charge is 0.497 e. The molecule has 2 aromatic carbocycles. The van der Waals surface area contributed by atoms with Gasteiger partial charge in [0.2, 0.25) is 5.91 Å². The van der Waals surface area contributed by atoms with E-state index in [4.69, 9.17) is 26.1 Å². The van der Waals surface area contributed by atoms with Crippen LogP contribution in [0.3, 0.4) is 0 Å². The summed E-state index contributed by atoms with van der Waals surface area (Å²) < 4.78 is 10.5. The predicted octanol–water partition coefficient (Wildman–Crippen LogP) is 5.52. The average molecular weight is 443 g/mol. The number of anilines is 1. The highest BCUT2D eigenvalue weighted by Crippen LogP contribution is 2.37. The first-order valence-corrected chi connectivity index (χ1v) is 11.2. The summed E-state index contributed by atoms with van der Waals surface area (Å²) in [6.45, 7) is 0. The van der Waals surface area contributed by atoms with Crippen LogP contribution in [0.4, 0.5) is 5.69 Å². The van der Waals surface area contributed by atoms with E-state index < -0.39 is 0 Å². The predicted molar refractivity (Wildman–Crippen MR) is 122 cm³/mol. The number of aryl methyl sites for hydroxylation is 1. The van der Waals surface area contributed by atoms with E-state index >= 15 is 0 Å². The summed E-state index contributed by atoms with van der Waals surface area (Å²) in [7, 11) is 3.16. The minimum Gasteiger partial charge on any atom is -0.497 e. The second kappa shape index (κ2) is 9.14. The number of benzene rings is 2. The average Bonchev–Trinajstić information content (AvgIpc) is 2.76. The number of amides is 1. The number of methoxy groups -OCH3 is 2. The molecule has 0 unspecified atom stereocenters. The maximum Gasteiger partial charge on any atom is 0.234 e. The fraction of sp³-hybridized carbons (Fsp3) is 0.304. The zero-order chi connectivity index (χ0) is 21.1. The number of fused-ring (bicyclic) bond motifs is 2. The van der Waals surface area contributed by atoms with E-state index in [1.54, 1.807) is 44.2 Å². The Labute approximate surface area is 185 Å². The molecular weight excluding hydrogens is 420 g/mol. The number of hydrogen-bond acceptors (Lipinski definition) is 5. The van der Waals surface area contributed by atoms with Crippen molar-refractivity contribution in [2.24, 2.45) is 0 Å². The molecule has 7 heteroatoms. The Morgan fingerprint density at radius 3 is 2.57 bits per heavy atom. The van der Waals surface area contributed by atoms with E-state index in [1.807, 2.05) is 18.2 Å². The molecule has 4 rings (SSSR count). The van der Waals surface area contributed by atoms with Gasteiger partial charge in [-0.05, 0) is 49.4 Å². The normalized spacial score (nSPS) is 13.0. The van der Waals surface area contributed by atoms with Crippen LogP contribution in [0.5, 0.6) is 11.5 Å². The summed E-state index contributed by atoms with van der Waals surface area (Å²) in [5.41, 5.74) is 3.98. The lowest BCUT2D eigenvalue weighted by Crippen LogP contribution is -2.15. The number of nitrogens with zero attached hydrogens (tertiary/aromatic N) is 1. The van der Waals surface area contributed by atoms with E-state index in [-0.39, 0.29) is 11.7 Å². The summed E-state index contributed by atoms with van der Waals surface area (Å²) in [4.78, 5) is 18.7. The minimum atomic E-state index is -0.0909. The van der Waals surface area contributed by atoms with Gasteiger partial charge in [0.25, 0.3) is 0 Å². The zero-order valence-corrected chi connectivity index (χ0v) is 18.5. The van der Waals surface area contributed by atoms with Gasteiger partial charge in [-0.2, -0.15) is 0 Å². The molecule has 156 valence electrons. The van der Waals surface area contributed by atoms with Crippen molar-refractivity contribution in [3.05, 3.63) is 52.7 Å². The van der Waals surface area contributed by atoms with E-state index in [1.165, 1.54) is 5.56 Å². The minimum absolute atomic E-state index is 0.0909. The Morgan fingerprint density at radius 1 is 1.10 bits per heavy atom. The molecule has 1 aromatic heterocycles. The van der Waals surface area contributed by atoms with Gasteiger partial charge in [-0.25, -0.2) is 0 Å². The molecule has 1 aliphatic carbocycles. The fourth-order valence-electron chi connectivity index (χ4n) is 3.73. The maximum absolute atomic E-state index is 12.7. The first kappa shape index (κ1) is 20.8. The first-order chi connectivity index (χ1) is 14.6. The molecule has 0 spiro atoms. The van der Waals surface area contributed by atoms with Gasteiger partial charge in [0.05, 0.1) is 25.5 Å². The lowest BCUT2D eigenvalue weighted by atomic mass is 9.94. The van der Waals surface area contributed by atoms with Crippen molar-refractivity contribution in [2.45, 2.75) is 30.6 Å². The van der Waals surface area contributed by atoms with Gasteiger partial charge in [0.1, 0.15) is 11.5 Å². The Morgan fingerprint density at radius 2 is 1.83 bits per heavy atom. The zero-order valence-electron chi connectivity index (χ0n) is 17.0. The molecule has 1 aliphatic rings. The summed E-state index contributed by atoms with van der Waals surface area (Å²) in [6.07, 6.45) is 4.27. The number of ether oxygens (including phenoxy) is 2. The molecule has 0 radical (unpaired) electrons. The Hall–Kier alpha value is -2.44. The second-order valence-electron chi connectivity index (χ2n) is 7.17. The van der Waals surface area contributed by atoms with Crippen LogP contribution in [-0.2, 0) is 17.6 Å². The Kier molecular flexibility index (Phi) is 6.35. The summed E-state index contributed by atoms with van der Waals surface area (Å²) in [5, 5.41) is 4.63. The molecule has 1 N–H and O–H groups in total. The van der Waals surface area contributed by atoms with Gasteiger partial charge in [-0.15, -0.1) is 11.8 Å². The van der Waals surface area contributed by atoms with Gasteiger partial charge >= 0.3 is 0 Å². The van der Waals surface area contributed by atoms with Crippen LogP contribution in [0.25, 0.3) is 10.9 Å². The van der Waals surface area contributed by atoms with Crippen LogP contribution < -0.4 is 14.8 Å². The first-order valence-electron chi connectivity index (χ1n) is 9.84. The SMILES string of the molecule is COc1cc(NC(=O)CSc2c3c(nc4ccc(Cl)cc24)CCCC3)cc(OC)c1. The Bertz CT molecular complexity index is 1080. The van der Waals surface area contributed by atoms with Gasteiger partial charge < -0.3 is 14.8 Å². The van der Waals surface area contributed by atoms with Crippen LogP contribution in [0, 0.1) is 0 Å². The number of rotatable bonds is 6. The lowest BCUT2D eigenvalue weighted by Gasteiger charge is -2.20. The molecule has 3 aromatic rings. The third kappa shape index (κ3) is 4.50. The summed E-state index contributed by atoms with van der Waals surface area (Å²) in [5.74, 6) is 1.45. The molecule has 0 aliphatic heterocycles. The van der Waals surface area contributed by atoms with E-state index in [9.17, 15) is 4.79 Å². The van der Waals surface area contributed by atoms with Crippen molar-refractivity contribution in [2.75, 3.05) is 25.3 Å². The van der Waals surface area contributed by atoms with Crippen LogP contribution >= 0.6 is 23.4 Å². The third-order valence-corrected chi connectivity index (χ3v) is 6.55. The Balaban J connectivity index is 1.57. The molecule has 0 saturated heterocycles. The number of aromatic nitrogens is 1. The van der Waals surface area contributed by atoms with Crippen molar-refractivity contribution in [3.63, 3.8) is 0 Å². The van der Waals surface area contributed by atoms with Gasteiger partial charge in [0, 0.05) is 44.9 Å². The molecule has 0 bridgehead atoms. The summed E-state index contributed by atoms with van der Waals surface area (Å²) in [6, 6.07) is 11.1. The maximum atomic E-state index is 12.7. The van der Waals surface area contributed by atoms with Crippen molar-refractivity contribution in [3.8, 4) is 11.5 Å². The molecule has 5 nitrogen and oxygen atoms in total. The summed E-state index contributed by atoms with van der Waals surface area (Å²) >= 11 is 7.81. The van der Waals surface area contributed by atoms with Crippen molar-refractivity contribution in [1.82, 2.24) is 4.98 Å². The van der Waals surface area contributed by atoms with E-state index in [0.29, 0.717) is 22.2 Å². The van der Waals surface area contributed by atoms with Crippen molar-refractivity contribution < 1.29 is 14.3 Å². The van der Waals surface area contributed by atoms with Crippen LogP contribution in [0.2, 0.25) is 5.02 Å². The monoisotopic (exact) mass is 442 g/mol. The van der Waals surface area contributed by atoms with Crippen LogP contribution in [0.1, 0.15) is 24.1 Å². The number of nitrogens with one attached hydrogen (secondary N) is 1. The fourth-order valence-corrected chi connectivity index (χ4v) is 4.97. The van der Waals surface area contributed by atoms with Crippen molar-refractivity contribution >= 4 is 45.9 Å². The number of carbonyl (C=O) groups excluding carboxylic acids is 1. The molecule has 0 fully saturated rings. The van der Waals surface area contributed by atoms with Gasteiger partial charge in [0.15, 0.2) is 0 Å². The number of carbonyl (C=O) groups is 1. The highest BCUT2D eigenvalue weighted by Gasteiger charge is 2.19. The molecule has 1 heterocycles.